The van der Waals surface area contributed by atoms with E-state index < -0.39 is 6.09 Å². The maximum absolute atomic E-state index is 12.6. The number of rotatable bonds is 3. The summed E-state index contributed by atoms with van der Waals surface area (Å²) in [6.45, 7) is 1.46. The van der Waals surface area contributed by atoms with E-state index in [0.717, 1.165) is 22.3 Å². The summed E-state index contributed by atoms with van der Waals surface area (Å²) in [4.78, 5) is 25.4. The lowest BCUT2D eigenvalue weighted by Crippen LogP contribution is -2.31. The third-order valence-electron chi connectivity index (χ3n) is 5.59. The zero-order chi connectivity index (χ0) is 19.0. The van der Waals surface area contributed by atoms with Crippen LogP contribution in [0.3, 0.4) is 0 Å². The standard InChI is InChI=1S/C21H22N2O4/c24-7-6-13-2-1-3-14(8-13)15-4-5-17-18(9-15)20(25)22-10-16-11-23(21(26)27)12-19(16)17/h1-5,8-9,16,19,24H,6-7,10-12H2,(H,22,25)(H,26,27). The predicted molar refractivity (Wildman–Crippen MR) is 101 cm³/mol. The van der Waals surface area contributed by atoms with Gasteiger partial charge in [0, 0.05) is 43.6 Å². The summed E-state index contributed by atoms with van der Waals surface area (Å²) in [5, 5.41) is 21.4. The molecule has 0 saturated carbocycles. The lowest BCUT2D eigenvalue weighted by Gasteiger charge is -2.17. The van der Waals surface area contributed by atoms with Gasteiger partial charge in [0.2, 0.25) is 0 Å². The molecule has 2 amide bonds. The summed E-state index contributed by atoms with van der Waals surface area (Å²) in [7, 11) is 0. The lowest BCUT2D eigenvalue weighted by atomic mass is 9.86. The van der Waals surface area contributed by atoms with Gasteiger partial charge in [-0.25, -0.2) is 4.79 Å². The molecule has 0 aromatic heterocycles. The van der Waals surface area contributed by atoms with Gasteiger partial charge in [0.1, 0.15) is 0 Å². The van der Waals surface area contributed by atoms with Crippen molar-refractivity contribution in [3.05, 3.63) is 59.2 Å². The van der Waals surface area contributed by atoms with Crippen LogP contribution >= 0.6 is 0 Å². The Morgan fingerprint density at radius 1 is 1.15 bits per heavy atom. The molecule has 6 nitrogen and oxygen atoms in total. The molecular weight excluding hydrogens is 344 g/mol. The zero-order valence-electron chi connectivity index (χ0n) is 14.9. The molecule has 1 fully saturated rings. The first-order valence-corrected chi connectivity index (χ1v) is 9.17. The van der Waals surface area contributed by atoms with Crippen LogP contribution in [0.5, 0.6) is 0 Å². The summed E-state index contributed by atoms with van der Waals surface area (Å²) < 4.78 is 0. The van der Waals surface area contributed by atoms with E-state index in [0.29, 0.717) is 31.6 Å². The molecule has 0 spiro atoms. The molecule has 3 N–H and O–H groups in total. The average molecular weight is 366 g/mol. The van der Waals surface area contributed by atoms with Gasteiger partial charge in [-0.2, -0.15) is 0 Å². The van der Waals surface area contributed by atoms with Gasteiger partial charge in [-0.15, -0.1) is 0 Å². The zero-order valence-corrected chi connectivity index (χ0v) is 14.9. The SMILES string of the molecule is O=C1NCC2CN(C(=O)O)CC2c2ccc(-c3cccc(CCO)c3)cc21. The summed E-state index contributed by atoms with van der Waals surface area (Å²) in [5.41, 5.74) is 4.53. The second kappa shape index (κ2) is 7.04. The number of fused-ring (bicyclic) bond motifs is 3. The Kier molecular flexibility index (Phi) is 4.58. The predicted octanol–water partition coefficient (Wildman–Crippen LogP) is 2.33. The van der Waals surface area contributed by atoms with Gasteiger partial charge in [0.25, 0.3) is 5.91 Å². The largest absolute Gasteiger partial charge is 0.465 e. The Labute approximate surface area is 157 Å². The molecule has 2 aliphatic rings. The van der Waals surface area contributed by atoms with Crippen molar-refractivity contribution in [2.75, 3.05) is 26.2 Å². The van der Waals surface area contributed by atoms with Crippen molar-refractivity contribution in [3.8, 4) is 11.1 Å². The van der Waals surface area contributed by atoms with Crippen molar-refractivity contribution in [1.82, 2.24) is 10.2 Å². The van der Waals surface area contributed by atoms with Crippen LogP contribution in [0.25, 0.3) is 11.1 Å². The third-order valence-corrected chi connectivity index (χ3v) is 5.59. The van der Waals surface area contributed by atoms with Gasteiger partial charge in [0.05, 0.1) is 0 Å². The third kappa shape index (κ3) is 3.28. The van der Waals surface area contributed by atoms with Crippen LogP contribution in [0, 0.1) is 5.92 Å². The fourth-order valence-corrected chi connectivity index (χ4v) is 4.20. The Morgan fingerprint density at radius 2 is 1.96 bits per heavy atom. The molecule has 2 unspecified atom stereocenters. The number of hydrogen-bond acceptors (Lipinski definition) is 3. The van der Waals surface area contributed by atoms with E-state index in [9.17, 15) is 14.7 Å². The van der Waals surface area contributed by atoms with Crippen LogP contribution in [0.4, 0.5) is 4.79 Å². The van der Waals surface area contributed by atoms with Crippen LogP contribution in [0.1, 0.15) is 27.4 Å². The number of aliphatic hydroxyl groups is 1. The minimum absolute atomic E-state index is 0.0322. The molecule has 4 rings (SSSR count). The van der Waals surface area contributed by atoms with E-state index in [1.165, 1.54) is 4.90 Å². The van der Waals surface area contributed by atoms with Crippen LogP contribution < -0.4 is 5.32 Å². The van der Waals surface area contributed by atoms with E-state index in [1.807, 2.05) is 42.5 Å². The molecule has 1 saturated heterocycles. The van der Waals surface area contributed by atoms with Crippen molar-refractivity contribution >= 4 is 12.0 Å². The molecule has 2 heterocycles. The molecular formula is C21H22N2O4. The summed E-state index contributed by atoms with van der Waals surface area (Å²) in [6.07, 6.45) is -0.318. The Morgan fingerprint density at radius 3 is 2.74 bits per heavy atom. The first kappa shape index (κ1) is 17.5. The number of amides is 2. The highest BCUT2D eigenvalue weighted by molar-refractivity contribution is 5.97. The van der Waals surface area contributed by atoms with Gasteiger partial charge >= 0.3 is 6.09 Å². The fraction of sp³-hybridized carbons (Fsp3) is 0.333. The maximum Gasteiger partial charge on any atom is 0.407 e. The number of nitrogens with zero attached hydrogens (tertiary/aromatic N) is 1. The second-order valence-corrected chi connectivity index (χ2v) is 7.24. The number of carbonyl (C=O) groups is 2. The van der Waals surface area contributed by atoms with Crippen LogP contribution in [0.2, 0.25) is 0 Å². The topological polar surface area (TPSA) is 89.9 Å². The number of benzene rings is 2. The van der Waals surface area contributed by atoms with Crippen LogP contribution in [0.15, 0.2) is 42.5 Å². The second-order valence-electron chi connectivity index (χ2n) is 7.24. The highest BCUT2D eigenvalue weighted by Crippen LogP contribution is 2.37. The molecule has 0 aliphatic carbocycles. The minimum atomic E-state index is -0.909. The maximum atomic E-state index is 12.6. The van der Waals surface area contributed by atoms with Gasteiger partial charge in [-0.05, 0) is 34.7 Å². The molecule has 2 aromatic carbocycles. The lowest BCUT2D eigenvalue weighted by molar-refractivity contribution is 0.0951. The molecule has 140 valence electrons. The van der Waals surface area contributed by atoms with Crippen molar-refractivity contribution in [3.63, 3.8) is 0 Å². The van der Waals surface area contributed by atoms with Gasteiger partial charge in [0.15, 0.2) is 0 Å². The van der Waals surface area contributed by atoms with E-state index in [1.54, 1.807) is 0 Å². The minimum Gasteiger partial charge on any atom is -0.465 e. The van der Waals surface area contributed by atoms with Crippen LogP contribution in [-0.4, -0.2) is 53.4 Å². The fourth-order valence-electron chi connectivity index (χ4n) is 4.20. The Balaban J connectivity index is 1.71. The molecule has 2 atom stereocenters. The summed E-state index contributed by atoms with van der Waals surface area (Å²) in [5.74, 6) is 0.0319. The van der Waals surface area contributed by atoms with E-state index in [2.05, 4.69) is 5.32 Å². The van der Waals surface area contributed by atoms with Crippen LogP contribution in [-0.2, 0) is 6.42 Å². The van der Waals surface area contributed by atoms with E-state index in [-0.39, 0.29) is 24.3 Å². The monoisotopic (exact) mass is 366 g/mol. The van der Waals surface area contributed by atoms with E-state index >= 15 is 0 Å². The highest BCUT2D eigenvalue weighted by atomic mass is 16.4. The average Bonchev–Trinajstić information content (AvgIpc) is 3.05. The quantitative estimate of drug-likeness (QED) is 0.778. The number of carboxylic acid groups (broad SMARTS) is 1. The number of nitrogens with one attached hydrogen (secondary N) is 1. The first-order chi connectivity index (χ1) is 13.1. The molecule has 6 heteroatoms. The van der Waals surface area contributed by atoms with Crippen molar-refractivity contribution in [2.24, 2.45) is 5.92 Å². The molecule has 0 bridgehead atoms. The van der Waals surface area contributed by atoms with Crippen molar-refractivity contribution in [2.45, 2.75) is 12.3 Å². The van der Waals surface area contributed by atoms with Crippen molar-refractivity contribution in [1.29, 1.82) is 0 Å². The number of aliphatic hydroxyl groups excluding tert-OH is 1. The Bertz CT molecular complexity index is 896. The van der Waals surface area contributed by atoms with E-state index in [4.69, 9.17) is 5.11 Å². The number of carbonyl (C=O) groups excluding carboxylic acids is 1. The number of hydrogen-bond donors (Lipinski definition) is 3. The molecule has 2 aromatic rings. The Hall–Kier alpha value is -2.86. The normalized spacial score (nSPS) is 21.2. The summed E-state index contributed by atoms with van der Waals surface area (Å²) >= 11 is 0. The molecule has 2 aliphatic heterocycles. The first-order valence-electron chi connectivity index (χ1n) is 9.17. The van der Waals surface area contributed by atoms with Gasteiger partial charge in [-0.3, -0.25) is 4.79 Å². The highest BCUT2D eigenvalue weighted by Gasteiger charge is 2.39. The molecule has 27 heavy (non-hydrogen) atoms. The van der Waals surface area contributed by atoms with Gasteiger partial charge in [-0.1, -0.05) is 36.4 Å². The molecule has 0 radical (unpaired) electrons. The smallest absolute Gasteiger partial charge is 0.407 e. The summed E-state index contributed by atoms with van der Waals surface area (Å²) in [6, 6.07) is 13.8. The van der Waals surface area contributed by atoms with Gasteiger partial charge < -0.3 is 20.4 Å². The number of likely N-dealkylation sites (tertiary alicyclic amines) is 1. The van der Waals surface area contributed by atoms with Crippen molar-refractivity contribution < 1.29 is 19.8 Å².